The van der Waals surface area contributed by atoms with Crippen LogP contribution < -0.4 is 0 Å². The lowest BCUT2D eigenvalue weighted by molar-refractivity contribution is -0.141. The van der Waals surface area contributed by atoms with Crippen LogP contribution in [0.5, 0.6) is 0 Å². The number of hydrogen-bond donors (Lipinski definition) is 1. The van der Waals surface area contributed by atoms with E-state index in [9.17, 15) is 14.7 Å². The maximum atomic E-state index is 12.7. The number of fused-ring (bicyclic) bond motifs is 1. The lowest BCUT2D eigenvalue weighted by Crippen LogP contribution is -2.55. The zero-order chi connectivity index (χ0) is 15.0. The van der Waals surface area contributed by atoms with E-state index in [2.05, 4.69) is 0 Å². The molecule has 0 aromatic heterocycles. The van der Waals surface area contributed by atoms with Gasteiger partial charge >= 0.3 is 5.97 Å². The summed E-state index contributed by atoms with van der Waals surface area (Å²) in [7, 11) is 0. The van der Waals surface area contributed by atoms with Gasteiger partial charge in [0, 0.05) is 11.6 Å². The minimum atomic E-state index is -0.866. The number of benzene rings is 1. The molecule has 1 aromatic rings. The number of carboxylic acid groups (broad SMARTS) is 1. The number of nitrogens with zero attached hydrogens (tertiary/aromatic N) is 1. The third kappa shape index (κ3) is 2.19. The molecule has 0 saturated heterocycles. The number of amides is 1. The summed E-state index contributed by atoms with van der Waals surface area (Å²) in [5.74, 6) is -1.51. The van der Waals surface area contributed by atoms with Gasteiger partial charge in [0.1, 0.15) is 5.92 Å². The summed E-state index contributed by atoms with van der Waals surface area (Å²) in [5, 5.41) is 9.65. The highest BCUT2D eigenvalue weighted by atomic mass is 16.4. The highest BCUT2D eigenvalue weighted by Crippen LogP contribution is 2.38. The van der Waals surface area contributed by atoms with Crippen molar-refractivity contribution < 1.29 is 14.7 Å². The summed E-state index contributed by atoms with van der Waals surface area (Å²) in [6.07, 6.45) is 0. The lowest BCUT2D eigenvalue weighted by atomic mass is 9.77. The summed E-state index contributed by atoms with van der Waals surface area (Å²) >= 11 is 0. The monoisotopic (exact) mass is 275 g/mol. The second-order valence-electron chi connectivity index (χ2n) is 5.94. The first-order valence-corrected chi connectivity index (χ1v) is 7.00. The van der Waals surface area contributed by atoms with Crippen molar-refractivity contribution in [1.82, 2.24) is 4.90 Å². The third-order valence-electron chi connectivity index (χ3n) is 3.93. The average Bonchev–Trinajstić information content (AvgIpc) is 2.37. The normalized spacial score (nSPS) is 22.3. The van der Waals surface area contributed by atoms with Crippen LogP contribution in [0.15, 0.2) is 24.3 Å². The minimum absolute atomic E-state index is 0.0230. The smallest absolute Gasteiger partial charge is 0.313 e. The standard InChI is InChI=1S/C16H21NO3/c1-9(2)14-13(16(19)20)11-7-5-6-8-12(11)15(18)17(14)10(3)4/h5-10,13-14H,1-4H3,(H,19,20). The highest BCUT2D eigenvalue weighted by Gasteiger charge is 2.45. The van der Waals surface area contributed by atoms with Crippen molar-refractivity contribution in [3.63, 3.8) is 0 Å². The second kappa shape index (κ2) is 5.27. The van der Waals surface area contributed by atoms with Crippen LogP contribution in [0.3, 0.4) is 0 Å². The Morgan fingerprint density at radius 3 is 2.30 bits per heavy atom. The molecule has 2 unspecified atom stereocenters. The van der Waals surface area contributed by atoms with E-state index in [0.717, 1.165) is 0 Å². The molecule has 2 rings (SSSR count). The van der Waals surface area contributed by atoms with E-state index in [-0.39, 0.29) is 23.9 Å². The molecule has 4 heteroatoms. The average molecular weight is 275 g/mol. The number of hydrogen-bond acceptors (Lipinski definition) is 2. The Morgan fingerprint density at radius 1 is 1.20 bits per heavy atom. The fourth-order valence-electron chi connectivity index (χ4n) is 3.15. The van der Waals surface area contributed by atoms with E-state index in [1.54, 1.807) is 29.2 Å². The van der Waals surface area contributed by atoms with Crippen LogP contribution >= 0.6 is 0 Å². The van der Waals surface area contributed by atoms with Crippen molar-refractivity contribution >= 4 is 11.9 Å². The van der Waals surface area contributed by atoms with Crippen LogP contribution in [-0.4, -0.2) is 34.0 Å². The van der Waals surface area contributed by atoms with Crippen LogP contribution in [-0.2, 0) is 4.79 Å². The molecule has 1 aliphatic rings. The Balaban J connectivity index is 2.66. The quantitative estimate of drug-likeness (QED) is 0.922. The molecule has 1 amide bonds. The molecular formula is C16H21NO3. The molecule has 0 saturated carbocycles. The van der Waals surface area contributed by atoms with Crippen LogP contribution in [0.4, 0.5) is 0 Å². The van der Waals surface area contributed by atoms with E-state index < -0.39 is 11.9 Å². The second-order valence-corrected chi connectivity index (χ2v) is 5.94. The van der Waals surface area contributed by atoms with Gasteiger partial charge in [-0.15, -0.1) is 0 Å². The van der Waals surface area contributed by atoms with Crippen LogP contribution in [0, 0.1) is 5.92 Å². The van der Waals surface area contributed by atoms with Crippen molar-refractivity contribution in [2.24, 2.45) is 5.92 Å². The van der Waals surface area contributed by atoms with E-state index in [1.165, 1.54) is 0 Å². The van der Waals surface area contributed by atoms with Gasteiger partial charge in [0.05, 0.1) is 6.04 Å². The van der Waals surface area contributed by atoms with Gasteiger partial charge in [0.2, 0.25) is 0 Å². The molecule has 1 aliphatic heterocycles. The summed E-state index contributed by atoms with van der Waals surface area (Å²) in [6, 6.07) is 6.73. The Labute approximate surface area is 119 Å². The summed E-state index contributed by atoms with van der Waals surface area (Å²) in [4.78, 5) is 26.2. The van der Waals surface area contributed by atoms with Gasteiger partial charge in [-0.1, -0.05) is 32.0 Å². The molecular weight excluding hydrogens is 254 g/mol. The molecule has 1 aromatic carbocycles. The number of aliphatic carboxylic acids is 1. The van der Waals surface area contributed by atoms with E-state index in [4.69, 9.17) is 0 Å². The fraction of sp³-hybridized carbons (Fsp3) is 0.500. The van der Waals surface area contributed by atoms with Gasteiger partial charge in [-0.2, -0.15) is 0 Å². The van der Waals surface area contributed by atoms with Crippen molar-refractivity contribution in [3.05, 3.63) is 35.4 Å². The van der Waals surface area contributed by atoms with Gasteiger partial charge in [-0.25, -0.2) is 0 Å². The van der Waals surface area contributed by atoms with Gasteiger partial charge in [0.15, 0.2) is 0 Å². The maximum absolute atomic E-state index is 12.7. The maximum Gasteiger partial charge on any atom is 0.313 e. The molecule has 0 radical (unpaired) electrons. The molecule has 4 nitrogen and oxygen atoms in total. The Kier molecular flexibility index (Phi) is 3.84. The Bertz CT molecular complexity index is 536. The number of carbonyl (C=O) groups excluding carboxylic acids is 1. The predicted octanol–water partition coefficient (Wildman–Crippen LogP) is 2.74. The first kappa shape index (κ1) is 14.6. The van der Waals surface area contributed by atoms with Gasteiger partial charge in [0.25, 0.3) is 5.91 Å². The Morgan fingerprint density at radius 2 is 1.80 bits per heavy atom. The van der Waals surface area contributed by atoms with Crippen LogP contribution in [0.2, 0.25) is 0 Å². The van der Waals surface area contributed by atoms with Crippen molar-refractivity contribution in [1.29, 1.82) is 0 Å². The molecule has 20 heavy (non-hydrogen) atoms. The highest BCUT2D eigenvalue weighted by molar-refractivity contribution is 6.00. The predicted molar refractivity (Wildman–Crippen MR) is 76.8 cm³/mol. The molecule has 1 heterocycles. The fourth-order valence-corrected chi connectivity index (χ4v) is 3.15. The zero-order valence-electron chi connectivity index (χ0n) is 12.3. The lowest BCUT2D eigenvalue weighted by Gasteiger charge is -2.44. The first-order valence-electron chi connectivity index (χ1n) is 7.00. The SMILES string of the molecule is CC(C)C1C(C(=O)O)c2ccccc2C(=O)N1C(C)C. The van der Waals surface area contributed by atoms with Gasteiger partial charge in [-0.3, -0.25) is 9.59 Å². The third-order valence-corrected chi connectivity index (χ3v) is 3.93. The Hall–Kier alpha value is -1.84. The summed E-state index contributed by atoms with van der Waals surface area (Å²) in [5.41, 5.74) is 1.16. The van der Waals surface area contributed by atoms with Gasteiger partial charge in [-0.05, 0) is 31.4 Å². The topological polar surface area (TPSA) is 57.6 Å². The number of carboxylic acids is 1. The van der Waals surface area contributed by atoms with Crippen molar-refractivity contribution in [3.8, 4) is 0 Å². The van der Waals surface area contributed by atoms with E-state index in [1.807, 2.05) is 27.7 Å². The first-order chi connectivity index (χ1) is 9.36. The molecule has 0 bridgehead atoms. The zero-order valence-corrected chi connectivity index (χ0v) is 12.3. The molecule has 0 fully saturated rings. The number of rotatable bonds is 3. The summed E-state index contributed by atoms with van der Waals surface area (Å²) in [6.45, 7) is 7.80. The molecule has 108 valence electrons. The van der Waals surface area contributed by atoms with Crippen molar-refractivity contribution in [2.45, 2.75) is 45.7 Å². The molecule has 1 N–H and O–H groups in total. The van der Waals surface area contributed by atoms with E-state index >= 15 is 0 Å². The van der Waals surface area contributed by atoms with Crippen LogP contribution in [0.25, 0.3) is 0 Å². The largest absolute Gasteiger partial charge is 0.481 e. The molecule has 2 atom stereocenters. The molecule has 0 spiro atoms. The molecule has 0 aliphatic carbocycles. The number of carbonyl (C=O) groups is 2. The van der Waals surface area contributed by atoms with E-state index in [0.29, 0.717) is 11.1 Å². The van der Waals surface area contributed by atoms with Crippen molar-refractivity contribution in [2.75, 3.05) is 0 Å². The van der Waals surface area contributed by atoms with Gasteiger partial charge < -0.3 is 10.0 Å². The van der Waals surface area contributed by atoms with Crippen LogP contribution in [0.1, 0.15) is 49.5 Å². The minimum Gasteiger partial charge on any atom is -0.481 e. The summed E-state index contributed by atoms with van der Waals surface area (Å²) < 4.78 is 0.